The molecule has 0 N–H and O–H groups in total. The van der Waals surface area contributed by atoms with Crippen LogP contribution in [-0.4, -0.2) is 15.0 Å². The molecule has 0 fully saturated rings. The number of rotatable bonds is 2. The topological polar surface area (TPSA) is 51.8 Å². The molecule has 5 heteroatoms. The van der Waals surface area contributed by atoms with Crippen LogP contribution in [0.25, 0.3) is 97.3 Å². The summed E-state index contributed by atoms with van der Waals surface area (Å²) in [4.78, 5) is 15.0. The van der Waals surface area contributed by atoms with E-state index in [0.29, 0.717) is 5.65 Å². The Balaban J connectivity index is 1.31. The van der Waals surface area contributed by atoms with E-state index in [1.165, 1.54) is 30.9 Å². The number of fused-ring (bicyclic) bond motifs is 11. The molecule has 10 rings (SSSR count). The highest BCUT2D eigenvalue weighted by Gasteiger charge is 2.22. The van der Waals surface area contributed by atoms with Gasteiger partial charge >= 0.3 is 0 Å². The molecule has 4 nitrogen and oxygen atoms in total. The van der Waals surface area contributed by atoms with Gasteiger partial charge in [-0.2, -0.15) is 0 Å². The zero-order valence-electron chi connectivity index (χ0n) is 23.3. The van der Waals surface area contributed by atoms with Crippen LogP contribution in [-0.2, 0) is 0 Å². The highest BCUT2D eigenvalue weighted by molar-refractivity contribution is 7.26. The van der Waals surface area contributed by atoms with Crippen molar-refractivity contribution >= 4 is 86.2 Å². The average Bonchev–Trinajstić information content (AvgIpc) is 3.66. The number of thiophene rings is 1. The molecule has 0 atom stereocenters. The molecule has 204 valence electrons. The number of aromatic nitrogens is 3. The van der Waals surface area contributed by atoms with Gasteiger partial charge in [-0.05, 0) is 57.9 Å². The van der Waals surface area contributed by atoms with Gasteiger partial charge in [-0.3, -0.25) is 0 Å². The van der Waals surface area contributed by atoms with Crippen LogP contribution in [0.1, 0.15) is 0 Å². The van der Waals surface area contributed by atoms with Crippen LogP contribution in [0.4, 0.5) is 0 Å². The first-order valence-corrected chi connectivity index (χ1v) is 15.4. The quantitative estimate of drug-likeness (QED) is 0.204. The highest BCUT2D eigenvalue weighted by atomic mass is 32.1. The van der Waals surface area contributed by atoms with Crippen molar-refractivity contribution in [2.24, 2.45) is 0 Å². The van der Waals surface area contributed by atoms with Crippen molar-refractivity contribution in [2.45, 2.75) is 0 Å². The number of nitrogens with zero attached hydrogens (tertiary/aromatic N) is 3. The van der Waals surface area contributed by atoms with Crippen molar-refractivity contribution < 1.29 is 4.42 Å². The Kier molecular flexibility index (Phi) is 4.84. The summed E-state index contributed by atoms with van der Waals surface area (Å²) < 4.78 is 9.18. The van der Waals surface area contributed by atoms with Crippen LogP contribution in [0.15, 0.2) is 132 Å². The molecule has 0 amide bonds. The number of para-hydroxylation sites is 1. The Labute approximate surface area is 254 Å². The minimum Gasteiger partial charge on any atom is -0.455 e. The van der Waals surface area contributed by atoms with Crippen LogP contribution in [0.2, 0.25) is 0 Å². The van der Waals surface area contributed by atoms with Gasteiger partial charge in [0.25, 0.3) is 0 Å². The van der Waals surface area contributed by atoms with E-state index in [-0.39, 0.29) is 0 Å². The third kappa shape index (κ3) is 3.36. The zero-order chi connectivity index (χ0) is 28.8. The van der Waals surface area contributed by atoms with Crippen LogP contribution < -0.4 is 0 Å². The lowest BCUT2D eigenvalue weighted by molar-refractivity contribution is 0.670. The fourth-order valence-electron chi connectivity index (χ4n) is 6.68. The summed E-state index contributed by atoms with van der Waals surface area (Å²) in [6.07, 6.45) is 1.77. The third-order valence-electron chi connectivity index (χ3n) is 8.70. The molecule has 44 heavy (non-hydrogen) atoms. The maximum atomic E-state index is 6.62. The van der Waals surface area contributed by atoms with Gasteiger partial charge in [-0.25, -0.2) is 15.0 Å². The molecule has 0 saturated heterocycles. The van der Waals surface area contributed by atoms with Gasteiger partial charge in [0, 0.05) is 48.3 Å². The van der Waals surface area contributed by atoms with Gasteiger partial charge in [-0.1, -0.05) is 84.9 Å². The molecule has 4 heterocycles. The Morgan fingerprint density at radius 1 is 0.568 bits per heavy atom. The van der Waals surface area contributed by atoms with E-state index in [0.717, 1.165) is 60.7 Å². The van der Waals surface area contributed by atoms with E-state index in [2.05, 4.69) is 102 Å². The molecule has 6 aromatic carbocycles. The minimum absolute atomic E-state index is 0.620. The number of benzene rings is 6. The van der Waals surface area contributed by atoms with Gasteiger partial charge < -0.3 is 4.42 Å². The summed E-state index contributed by atoms with van der Waals surface area (Å²) in [5.41, 5.74) is 6.53. The molecule has 0 aliphatic carbocycles. The van der Waals surface area contributed by atoms with Crippen LogP contribution >= 0.6 is 11.3 Å². The average molecular weight is 580 g/mol. The Hall–Kier alpha value is -5.65. The number of pyridine rings is 1. The first-order valence-electron chi connectivity index (χ1n) is 14.6. The van der Waals surface area contributed by atoms with Gasteiger partial charge in [0.15, 0.2) is 5.65 Å². The van der Waals surface area contributed by atoms with Gasteiger partial charge in [-0.15, -0.1) is 11.3 Å². The predicted molar refractivity (Wildman–Crippen MR) is 183 cm³/mol. The van der Waals surface area contributed by atoms with Crippen LogP contribution in [0.5, 0.6) is 0 Å². The van der Waals surface area contributed by atoms with Gasteiger partial charge in [0.05, 0.1) is 5.69 Å². The van der Waals surface area contributed by atoms with E-state index in [4.69, 9.17) is 14.4 Å². The number of hydrogen-bond donors (Lipinski definition) is 0. The molecule has 0 saturated carbocycles. The molecular formula is C39H21N3OS. The van der Waals surface area contributed by atoms with Crippen molar-refractivity contribution in [1.82, 2.24) is 15.0 Å². The van der Waals surface area contributed by atoms with E-state index in [9.17, 15) is 0 Å². The summed E-state index contributed by atoms with van der Waals surface area (Å²) in [6, 6.07) is 42.5. The van der Waals surface area contributed by atoms with Crippen molar-refractivity contribution in [3.05, 3.63) is 128 Å². The number of hydrogen-bond acceptors (Lipinski definition) is 5. The molecule has 0 radical (unpaired) electrons. The van der Waals surface area contributed by atoms with Crippen LogP contribution in [0.3, 0.4) is 0 Å². The lowest BCUT2D eigenvalue weighted by Gasteiger charge is -2.12. The second-order valence-corrected chi connectivity index (χ2v) is 12.2. The molecule has 0 unspecified atom stereocenters. The lowest BCUT2D eigenvalue weighted by Crippen LogP contribution is -1.97. The fraction of sp³-hybridized carbons (Fsp3) is 0. The van der Waals surface area contributed by atoms with E-state index in [1.807, 2.05) is 35.6 Å². The maximum absolute atomic E-state index is 6.62. The second kappa shape index (κ2) is 8.93. The monoisotopic (exact) mass is 579 g/mol. The van der Waals surface area contributed by atoms with Gasteiger partial charge in [0.2, 0.25) is 0 Å². The van der Waals surface area contributed by atoms with Crippen molar-refractivity contribution in [3.8, 4) is 22.5 Å². The Morgan fingerprint density at radius 2 is 1.39 bits per heavy atom. The fourth-order valence-corrected chi connectivity index (χ4v) is 7.90. The van der Waals surface area contributed by atoms with Crippen molar-refractivity contribution in [2.75, 3.05) is 0 Å². The molecular weight excluding hydrogens is 559 g/mol. The predicted octanol–water partition coefficient (Wildman–Crippen LogP) is 10.9. The molecule has 0 bridgehead atoms. The first kappa shape index (κ1) is 23.9. The highest BCUT2D eigenvalue weighted by Crippen LogP contribution is 2.44. The smallest absolute Gasteiger partial charge is 0.178 e. The summed E-state index contributed by atoms with van der Waals surface area (Å²) in [5.74, 6) is 0. The zero-order valence-corrected chi connectivity index (χ0v) is 24.1. The number of furan rings is 1. The normalized spacial score (nSPS) is 12.1. The molecule has 4 aromatic heterocycles. The first-order chi connectivity index (χ1) is 21.8. The van der Waals surface area contributed by atoms with Crippen molar-refractivity contribution in [3.63, 3.8) is 0 Å². The van der Waals surface area contributed by atoms with Crippen LogP contribution in [0, 0.1) is 0 Å². The summed E-state index contributed by atoms with van der Waals surface area (Å²) in [7, 11) is 0. The van der Waals surface area contributed by atoms with E-state index < -0.39 is 0 Å². The van der Waals surface area contributed by atoms with Crippen molar-refractivity contribution in [1.29, 1.82) is 0 Å². The van der Waals surface area contributed by atoms with E-state index in [1.54, 1.807) is 6.20 Å². The Bertz CT molecular complexity index is 2790. The Morgan fingerprint density at radius 3 is 2.32 bits per heavy atom. The molecule has 10 aromatic rings. The summed E-state index contributed by atoms with van der Waals surface area (Å²) >= 11 is 1.84. The summed E-state index contributed by atoms with van der Waals surface area (Å²) in [6.45, 7) is 0. The second-order valence-electron chi connectivity index (χ2n) is 11.2. The molecule has 0 aliphatic rings. The minimum atomic E-state index is 0.620. The summed E-state index contributed by atoms with van der Waals surface area (Å²) in [5, 5.41) is 9.49. The third-order valence-corrected chi connectivity index (χ3v) is 9.92. The maximum Gasteiger partial charge on any atom is 0.178 e. The molecule has 0 spiro atoms. The molecule has 0 aliphatic heterocycles. The van der Waals surface area contributed by atoms with E-state index >= 15 is 0 Å². The SMILES string of the molecule is c1ccc2c(c1)ccc1c3cc(-c4nc5ncccc5nc4-c4cc5ccccc5c5c4oc4ccccc45)ccc3sc21. The largest absolute Gasteiger partial charge is 0.455 e. The lowest BCUT2D eigenvalue weighted by atomic mass is 9.96. The van der Waals surface area contributed by atoms with Gasteiger partial charge in [0.1, 0.15) is 22.4 Å². The standard InChI is InChI=1S/C39H21N3OS/c1-4-11-26-22(8-1)15-17-27-29-21-24(16-18-33(29)44-38(26)27)35-36(41-31-13-7-19-40-39(31)42-35)30-20-23-9-2-3-10-25(23)34-28-12-5-6-14-32(28)43-37(30)34/h1-21H.